The molecule has 6 heteroatoms. The van der Waals surface area contributed by atoms with E-state index in [2.05, 4.69) is 70.7 Å². The number of fused-ring (bicyclic) bond motifs is 1. The van der Waals surface area contributed by atoms with Crippen LogP contribution < -0.4 is 9.16 Å². The smallest absolute Gasteiger partial charge is 0.258 e. The van der Waals surface area contributed by atoms with E-state index in [0.717, 1.165) is 55.8 Å². The highest BCUT2D eigenvalue weighted by Gasteiger charge is 2.47. The lowest BCUT2D eigenvalue weighted by molar-refractivity contribution is -0.0663. The Labute approximate surface area is 224 Å². The molecule has 0 saturated carbocycles. The number of nitrogens with zero attached hydrogens (tertiary/aromatic N) is 1. The summed E-state index contributed by atoms with van der Waals surface area (Å²) >= 11 is 0. The van der Waals surface area contributed by atoms with E-state index < -0.39 is 20.0 Å². The van der Waals surface area contributed by atoms with Crippen molar-refractivity contribution < 1.29 is 19.4 Å². The van der Waals surface area contributed by atoms with Crippen molar-refractivity contribution in [3.8, 4) is 11.5 Å². The highest BCUT2D eigenvalue weighted by molar-refractivity contribution is 6.78. The van der Waals surface area contributed by atoms with Crippen LogP contribution in [-0.2, 0) is 6.42 Å². The average Bonchev–Trinajstić information content (AvgIpc) is 2.87. The Hall–Kier alpha value is -1.86. The van der Waals surface area contributed by atoms with E-state index in [-0.39, 0.29) is 6.04 Å². The molecule has 0 bridgehead atoms. The molecular formula is C31H47NO4Si. The number of ether oxygens (including phenoxy) is 1. The summed E-state index contributed by atoms with van der Waals surface area (Å²) in [5.41, 5.74) is 2.93. The first-order valence-corrected chi connectivity index (χ1v) is 16.3. The van der Waals surface area contributed by atoms with Gasteiger partial charge in [-0.05, 0) is 60.0 Å². The maximum Gasteiger partial charge on any atom is 0.258 e. The molecular weight excluding hydrogens is 478 g/mol. The Morgan fingerprint density at radius 1 is 0.973 bits per heavy atom. The average molecular weight is 526 g/mol. The van der Waals surface area contributed by atoms with E-state index in [1.54, 1.807) is 0 Å². The van der Waals surface area contributed by atoms with Crippen molar-refractivity contribution in [3.63, 3.8) is 0 Å². The van der Waals surface area contributed by atoms with E-state index in [1.807, 2.05) is 24.3 Å². The molecule has 5 nitrogen and oxygen atoms in total. The Morgan fingerprint density at radius 3 is 2.19 bits per heavy atom. The molecule has 0 aromatic heterocycles. The minimum Gasteiger partial charge on any atom is -0.543 e. The van der Waals surface area contributed by atoms with Gasteiger partial charge in [-0.15, -0.1) is 0 Å². The third-order valence-corrected chi connectivity index (χ3v) is 15.0. The van der Waals surface area contributed by atoms with Crippen LogP contribution >= 0.6 is 0 Å². The van der Waals surface area contributed by atoms with Crippen molar-refractivity contribution in [2.75, 3.05) is 19.7 Å². The highest BCUT2D eigenvalue weighted by Crippen LogP contribution is 2.45. The van der Waals surface area contributed by atoms with Gasteiger partial charge in [-0.3, -0.25) is 4.90 Å². The van der Waals surface area contributed by atoms with Crippen molar-refractivity contribution in [2.24, 2.45) is 0 Å². The molecule has 0 amide bonds. The normalized spacial score (nSPS) is 22.2. The number of hydrogen-bond acceptors (Lipinski definition) is 5. The fraction of sp³-hybridized carbons (Fsp3) is 0.613. The number of rotatable bonds is 9. The molecule has 2 heterocycles. The molecule has 2 N–H and O–H groups in total. The number of aryl methyl sites for hydroxylation is 1. The number of aliphatic hydroxyl groups is 2. The van der Waals surface area contributed by atoms with Gasteiger partial charge in [0.15, 0.2) is 0 Å². The van der Waals surface area contributed by atoms with Gasteiger partial charge in [-0.2, -0.15) is 0 Å². The summed E-state index contributed by atoms with van der Waals surface area (Å²) in [4.78, 5) is 2.29. The third-order valence-electron chi connectivity index (χ3n) is 9.00. The van der Waals surface area contributed by atoms with Crippen molar-refractivity contribution in [1.29, 1.82) is 0 Å². The fourth-order valence-corrected chi connectivity index (χ4v) is 12.1. The lowest BCUT2D eigenvalue weighted by Crippen LogP contribution is -2.53. The molecule has 2 aromatic carbocycles. The van der Waals surface area contributed by atoms with Gasteiger partial charge in [0.05, 0.1) is 11.6 Å². The van der Waals surface area contributed by atoms with E-state index >= 15 is 0 Å². The molecule has 0 aliphatic carbocycles. The molecule has 2 aliphatic rings. The Morgan fingerprint density at radius 2 is 1.59 bits per heavy atom. The van der Waals surface area contributed by atoms with Crippen LogP contribution in [-0.4, -0.2) is 54.8 Å². The number of likely N-dealkylation sites (tertiary alicyclic amines) is 1. The zero-order chi connectivity index (χ0) is 26.8. The predicted octanol–water partition coefficient (Wildman–Crippen LogP) is 6.50. The third kappa shape index (κ3) is 5.93. The van der Waals surface area contributed by atoms with Gasteiger partial charge in [-0.1, -0.05) is 71.9 Å². The Bertz CT molecular complexity index is 995. The van der Waals surface area contributed by atoms with Gasteiger partial charge < -0.3 is 19.4 Å². The van der Waals surface area contributed by atoms with Crippen molar-refractivity contribution in [2.45, 2.75) is 102 Å². The van der Waals surface area contributed by atoms with Crippen LogP contribution in [0.15, 0.2) is 48.5 Å². The standard InChI is InChI=1S/C31H47NO4Si/c1-22(2)37(23(3)4,24(5)6)36-26-12-13-27-29(20-26)35-21-28(30(27)33)32-18-16-31(34,17-19-32)15-14-25-10-8-7-9-11-25/h7-13,20,22-24,28,30,33-34H,14-19,21H2,1-6H3/t28-,30+/m1/s1. The molecule has 4 rings (SSSR count). The maximum absolute atomic E-state index is 11.3. The fourth-order valence-electron chi connectivity index (χ4n) is 6.83. The maximum atomic E-state index is 11.3. The monoisotopic (exact) mass is 525 g/mol. The van der Waals surface area contributed by atoms with E-state index in [4.69, 9.17) is 9.16 Å². The van der Waals surface area contributed by atoms with Gasteiger partial charge in [0.2, 0.25) is 0 Å². The zero-order valence-electron chi connectivity index (χ0n) is 23.6. The lowest BCUT2D eigenvalue weighted by atomic mass is 9.84. The van der Waals surface area contributed by atoms with Crippen LogP contribution in [0.1, 0.15) is 78.0 Å². The quantitative estimate of drug-likeness (QED) is 0.366. The van der Waals surface area contributed by atoms with Crippen molar-refractivity contribution in [1.82, 2.24) is 4.90 Å². The predicted molar refractivity (Wildman–Crippen MR) is 153 cm³/mol. The summed E-state index contributed by atoms with van der Waals surface area (Å²) in [5.74, 6) is 1.59. The minimum atomic E-state index is -2.06. The highest BCUT2D eigenvalue weighted by atomic mass is 28.4. The first-order chi connectivity index (χ1) is 17.6. The van der Waals surface area contributed by atoms with E-state index in [9.17, 15) is 10.2 Å². The van der Waals surface area contributed by atoms with Crippen LogP contribution in [0.3, 0.4) is 0 Å². The molecule has 37 heavy (non-hydrogen) atoms. The van der Waals surface area contributed by atoms with Gasteiger partial charge in [0.1, 0.15) is 24.2 Å². The van der Waals surface area contributed by atoms with E-state index in [0.29, 0.717) is 23.2 Å². The molecule has 1 fully saturated rings. The molecule has 204 valence electrons. The van der Waals surface area contributed by atoms with Gasteiger partial charge >= 0.3 is 0 Å². The Kier molecular flexibility index (Phi) is 8.74. The van der Waals surface area contributed by atoms with Crippen LogP contribution in [0, 0.1) is 0 Å². The van der Waals surface area contributed by atoms with Crippen LogP contribution in [0.5, 0.6) is 11.5 Å². The van der Waals surface area contributed by atoms with Gasteiger partial charge in [0.25, 0.3) is 8.32 Å². The molecule has 2 aliphatic heterocycles. The summed E-state index contributed by atoms with van der Waals surface area (Å²) in [7, 11) is -2.06. The van der Waals surface area contributed by atoms with Gasteiger partial charge in [0, 0.05) is 24.7 Å². The summed E-state index contributed by atoms with van der Waals surface area (Å²) in [6.45, 7) is 15.7. The summed E-state index contributed by atoms with van der Waals surface area (Å²) in [6, 6.07) is 16.3. The number of hydrogen-bond donors (Lipinski definition) is 2. The molecule has 0 spiro atoms. The second-order valence-electron chi connectivity index (χ2n) is 12.2. The minimum absolute atomic E-state index is 0.103. The molecule has 2 aromatic rings. The second-order valence-corrected chi connectivity index (χ2v) is 17.6. The molecule has 2 atom stereocenters. The lowest BCUT2D eigenvalue weighted by Gasteiger charge is -2.45. The number of benzene rings is 2. The summed E-state index contributed by atoms with van der Waals surface area (Å²) < 4.78 is 13.1. The van der Waals surface area contributed by atoms with Crippen LogP contribution in [0.4, 0.5) is 0 Å². The largest absolute Gasteiger partial charge is 0.543 e. The Balaban J connectivity index is 1.40. The van der Waals surface area contributed by atoms with Crippen molar-refractivity contribution >= 4 is 8.32 Å². The summed E-state index contributed by atoms with van der Waals surface area (Å²) in [6.07, 6.45) is 2.48. The first kappa shape index (κ1) is 28.2. The topological polar surface area (TPSA) is 62.2 Å². The van der Waals surface area contributed by atoms with Gasteiger partial charge in [-0.25, -0.2) is 0 Å². The zero-order valence-corrected chi connectivity index (χ0v) is 24.6. The van der Waals surface area contributed by atoms with Crippen LogP contribution in [0.2, 0.25) is 16.6 Å². The number of aliphatic hydroxyl groups excluding tert-OH is 1. The number of piperidine rings is 1. The molecule has 0 unspecified atom stereocenters. The second kappa shape index (κ2) is 11.5. The van der Waals surface area contributed by atoms with Crippen molar-refractivity contribution in [3.05, 3.63) is 59.7 Å². The van der Waals surface area contributed by atoms with Crippen LogP contribution in [0.25, 0.3) is 0 Å². The first-order valence-electron chi connectivity index (χ1n) is 14.2. The van der Waals surface area contributed by atoms with E-state index in [1.165, 1.54) is 5.56 Å². The molecule has 1 saturated heterocycles. The SMILES string of the molecule is CC(C)[Si](Oc1ccc2c(c1)OC[C@@H](N1CCC(O)(CCc3ccccc3)CC1)[C@H]2O)(C(C)C)C(C)C. The molecule has 0 radical (unpaired) electrons. The summed E-state index contributed by atoms with van der Waals surface area (Å²) in [5, 5.41) is 22.5.